The average molecular weight is 275 g/mol. The Balaban J connectivity index is 2.31. The number of ether oxygens (including phenoxy) is 1. The number of nitrogens with zero attached hydrogens (tertiary/aromatic N) is 1. The second-order valence-corrected chi connectivity index (χ2v) is 5.13. The quantitative estimate of drug-likeness (QED) is 0.795. The molecule has 1 fully saturated rings. The fourth-order valence-electron chi connectivity index (χ4n) is 2.45. The van der Waals surface area contributed by atoms with Crippen molar-refractivity contribution in [2.24, 2.45) is 10.9 Å². The van der Waals surface area contributed by atoms with E-state index in [1.807, 2.05) is 44.2 Å². The summed E-state index contributed by atoms with van der Waals surface area (Å²) >= 11 is 0. The molecule has 2 rings (SSSR count). The van der Waals surface area contributed by atoms with Crippen molar-refractivity contribution < 1.29 is 9.53 Å². The summed E-state index contributed by atoms with van der Waals surface area (Å²) in [6.45, 7) is 5.10. The first kappa shape index (κ1) is 14.5. The predicted molar refractivity (Wildman–Crippen MR) is 78.4 cm³/mol. The lowest BCUT2D eigenvalue weighted by Crippen LogP contribution is -2.48. The van der Waals surface area contributed by atoms with Crippen molar-refractivity contribution in [3.8, 4) is 0 Å². The van der Waals surface area contributed by atoms with Crippen LogP contribution in [0.25, 0.3) is 0 Å². The maximum Gasteiger partial charge on any atom is 0.257 e. The van der Waals surface area contributed by atoms with Crippen molar-refractivity contribution in [2.45, 2.75) is 19.4 Å². The smallest absolute Gasteiger partial charge is 0.257 e. The van der Waals surface area contributed by atoms with Gasteiger partial charge in [-0.15, -0.1) is 0 Å². The molecule has 5 nitrogen and oxygen atoms in total. The average Bonchev–Trinajstić information content (AvgIpc) is 2.78. The third-order valence-electron chi connectivity index (χ3n) is 3.57. The van der Waals surface area contributed by atoms with Crippen molar-refractivity contribution in [3.63, 3.8) is 0 Å². The van der Waals surface area contributed by atoms with Crippen molar-refractivity contribution in [2.75, 3.05) is 20.3 Å². The normalized spacial score (nSPS) is 24.0. The summed E-state index contributed by atoms with van der Waals surface area (Å²) in [4.78, 5) is 16.8. The SMILES string of the molecule is COCCN=C1NC(=O)C(c2ccccc2)(C(C)C)N1. The van der Waals surface area contributed by atoms with Crippen molar-refractivity contribution in [1.29, 1.82) is 0 Å². The van der Waals surface area contributed by atoms with E-state index in [4.69, 9.17) is 4.74 Å². The van der Waals surface area contributed by atoms with Gasteiger partial charge in [0.15, 0.2) is 5.96 Å². The van der Waals surface area contributed by atoms with Gasteiger partial charge < -0.3 is 10.1 Å². The number of methoxy groups -OCH3 is 1. The Morgan fingerprint density at radius 1 is 1.30 bits per heavy atom. The molecule has 1 aromatic carbocycles. The van der Waals surface area contributed by atoms with E-state index in [9.17, 15) is 4.79 Å². The first-order chi connectivity index (χ1) is 9.61. The lowest BCUT2D eigenvalue weighted by Gasteiger charge is -2.31. The molecular weight excluding hydrogens is 254 g/mol. The van der Waals surface area contributed by atoms with Crippen LogP contribution in [0.5, 0.6) is 0 Å². The predicted octanol–water partition coefficient (Wildman–Crippen LogP) is 1.26. The van der Waals surface area contributed by atoms with Crippen LogP contribution in [0.15, 0.2) is 35.3 Å². The maximum absolute atomic E-state index is 12.5. The molecule has 108 valence electrons. The molecule has 0 radical (unpaired) electrons. The Morgan fingerprint density at radius 2 is 2.00 bits per heavy atom. The van der Waals surface area contributed by atoms with E-state index >= 15 is 0 Å². The largest absolute Gasteiger partial charge is 0.383 e. The van der Waals surface area contributed by atoms with Crippen LogP contribution in [0.2, 0.25) is 0 Å². The standard InChI is InChI=1S/C15H21N3O2/c1-11(2)15(12-7-5-4-6-8-12)13(19)17-14(18-15)16-9-10-20-3/h4-8,11H,9-10H2,1-3H3,(H2,16,17,18,19). The summed E-state index contributed by atoms with van der Waals surface area (Å²) in [5.74, 6) is 0.555. The second-order valence-electron chi connectivity index (χ2n) is 5.13. The van der Waals surface area contributed by atoms with Gasteiger partial charge in [-0.2, -0.15) is 0 Å². The molecule has 1 aliphatic heterocycles. The molecule has 20 heavy (non-hydrogen) atoms. The fourth-order valence-corrected chi connectivity index (χ4v) is 2.45. The van der Waals surface area contributed by atoms with Crippen LogP contribution in [0.4, 0.5) is 0 Å². The molecular formula is C15H21N3O2. The van der Waals surface area contributed by atoms with Gasteiger partial charge in [0, 0.05) is 7.11 Å². The first-order valence-corrected chi connectivity index (χ1v) is 6.79. The van der Waals surface area contributed by atoms with Gasteiger partial charge in [0.25, 0.3) is 5.91 Å². The highest BCUT2D eigenvalue weighted by atomic mass is 16.5. The minimum Gasteiger partial charge on any atom is -0.383 e. The summed E-state index contributed by atoms with van der Waals surface area (Å²) < 4.78 is 4.96. The minimum absolute atomic E-state index is 0.0603. The first-order valence-electron chi connectivity index (χ1n) is 6.79. The van der Waals surface area contributed by atoms with E-state index in [0.717, 1.165) is 5.56 Å². The zero-order chi connectivity index (χ0) is 14.6. The number of rotatable bonds is 5. The lowest BCUT2D eigenvalue weighted by molar-refractivity contribution is -0.125. The molecule has 1 unspecified atom stereocenters. The zero-order valence-electron chi connectivity index (χ0n) is 12.1. The third-order valence-corrected chi connectivity index (χ3v) is 3.57. The van der Waals surface area contributed by atoms with Crippen molar-refractivity contribution in [3.05, 3.63) is 35.9 Å². The summed E-state index contributed by atoms with van der Waals surface area (Å²) in [5.41, 5.74) is 0.192. The van der Waals surface area contributed by atoms with Gasteiger partial charge in [-0.1, -0.05) is 44.2 Å². The van der Waals surface area contributed by atoms with Crippen LogP contribution < -0.4 is 10.6 Å². The molecule has 1 amide bonds. The molecule has 0 aromatic heterocycles. The maximum atomic E-state index is 12.5. The molecule has 1 heterocycles. The topological polar surface area (TPSA) is 62.7 Å². The highest BCUT2D eigenvalue weighted by Crippen LogP contribution is 2.32. The Morgan fingerprint density at radius 3 is 2.60 bits per heavy atom. The second kappa shape index (κ2) is 6.05. The molecule has 1 saturated heterocycles. The number of aliphatic imine (C=N–C) groups is 1. The summed E-state index contributed by atoms with van der Waals surface area (Å²) in [7, 11) is 1.63. The number of nitrogens with one attached hydrogen (secondary N) is 2. The molecule has 0 spiro atoms. The number of amides is 1. The fraction of sp³-hybridized carbons (Fsp3) is 0.467. The van der Waals surface area contributed by atoms with Crippen LogP contribution in [-0.2, 0) is 15.1 Å². The summed E-state index contributed by atoms with van der Waals surface area (Å²) in [6.07, 6.45) is 0. The van der Waals surface area contributed by atoms with Crippen LogP contribution in [0.3, 0.4) is 0 Å². The van der Waals surface area contributed by atoms with Gasteiger partial charge in [0.05, 0.1) is 13.2 Å². The van der Waals surface area contributed by atoms with E-state index < -0.39 is 5.54 Å². The zero-order valence-corrected chi connectivity index (χ0v) is 12.1. The number of guanidine groups is 1. The van der Waals surface area contributed by atoms with E-state index in [2.05, 4.69) is 15.6 Å². The molecule has 0 aliphatic carbocycles. The summed E-state index contributed by atoms with van der Waals surface area (Å²) in [5, 5.41) is 6.09. The Kier molecular flexibility index (Phi) is 4.39. The van der Waals surface area contributed by atoms with Gasteiger partial charge in [-0.3, -0.25) is 15.1 Å². The Hall–Kier alpha value is -1.88. The van der Waals surface area contributed by atoms with Gasteiger partial charge in [0.2, 0.25) is 0 Å². The lowest BCUT2D eigenvalue weighted by atomic mass is 9.80. The van der Waals surface area contributed by atoms with E-state index in [-0.39, 0.29) is 11.8 Å². The highest BCUT2D eigenvalue weighted by Gasteiger charge is 2.48. The summed E-state index contributed by atoms with van der Waals surface area (Å²) in [6, 6.07) is 9.75. The van der Waals surface area contributed by atoms with Crippen molar-refractivity contribution in [1.82, 2.24) is 10.6 Å². The van der Waals surface area contributed by atoms with Crippen LogP contribution >= 0.6 is 0 Å². The monoisotopic (exact) mass is 275 g/mol. The van der Waals surface area contributed by atoms with E-state index in [0.29, 0.717) is 19.1 Å². The minimum atomic E-state index is -0.757. The van der Waals surface area contributed by atoms with Crippen LogP contribution in [0, 0.1) is 5.92 Å². The number of hydrogen-bond acceptors (Lipinski definition) is 3. The molecule has 1 atom stereocenters. The molecule has 1 aliphatic rings. The number of carbonyl (C=O) groups excluding carboxylic acids is 1. The van der Waals surface area contributed by atoms with Gasteiger partial charge in [0.1, 0.15) is 5.54 Å². The van der Waals surface area contributed by atoms with E-state index in [1.165, 1.54) is 0 Å². The van der Waals surface area contributed by atoms with Crippen LogP contribution in [-0.4, -0.2) is 32.1 Å². The highest BCUT2D eigenvalue weighted by molar-refractivity contribution is 6.09. The van der Waals surface area contributed by atoms with Gasteiger partial charge in [-0.25, -0.2) is 0 Å². The third kappa shape index (κ3) is 2.54. The number of hydrogen-bond donors (Lipinski definition) is 2. The molecule has 2 N–H and O–H groups in total. The van der Waals surface area contributed by atoms with E-state index in [1.54, 1.807) is 7.11 Å². The van der Waals surface area contributed by atoms with Gasteiger partial charge in [-0.05, 0) is 11.5 Å². The van der Waals surface area contributed by atoms with Gasteiger partial charge >= 0.3 is 0 Å². The molecule has 5 heteroatoms. The molecule has 0 saturated carbocycles. The van der Waals surface area contributed by atoms with Crippen LogP contribution in [0.1, 0.15) is 19.4 Å². The Bertz CT molecular complexity index is 499. The van der Waals surface area contributed by atoms with Crippen molar-refractivity contribution >= 4 is 11.9 Å². The Labute approximate surface area is 119 Å². The molecule has 0 bridgehead atoms. The number of carbonyl (C=O) groups is 1. The molecule has 1 aromatic rings. The number of benzene rings is 1.